The Labute approximate surface area is 158 Å². The number of likely N-dealkylation sites (tertiary alicyclic amines) is 1. The highest BCUT2D eigenvalue weighted by Gasteiger charge is 2.38. The van der Waals surface area contributed by atoms with Crippen molar-refractivity contribution in [2.45, 2.75) is 45.2 Å². The van der Waals surface area contributed by atoms with Gasteiger partial charge in [-0.05, 0) is 51.3 Å². The molecule has 2 atom stereocenters. The van der Waals surface area contributed by atoms with Gasteiger partial charge in [0, 0.05) is 12.1 Å². The SMILES string of the molecule is Cc1c(C(=O)N2CC(C)CC2c2ccccc2F)nnn1C1CCNCC1. The topological polar surface area (TPSA) is 63.1 Å². The minimum Gasteiger partial charge on any atom is -0.330 e. The molecular formula is C20H26FN5O. The number of nitrogens with one attached hydrogen (secondary N) is 1. The molecule has 2 aliphatic rings. The van der Waals surface area contributed by atoms with Crippen LogP contribution in [0.2, 0.25) is 0 Å². The molecule has 1 aromatic heterocycles. The van der Waals surface area contributed by atoms with E-state index in [1.807, 2.05) is 17.7 Å². The average Bonchev–Trinajstić information content (AvgIpc) is 3.25. The van der Waals surface area contributed by atoms with Gasteiger partial charge in [-0.25, -0.2) is 9.07 Å². The summed E-state index contributed by atoms with van der Waals surface area (Å²) in [4.78, 5) is 15.1. The fourth-order valence-electron chi connectivity index (χ4n) is 4.38. The third kappa shape index (κ3) is 3.36. The molecule has 0 bridgehead atoms. The van der Waals surface area contributed by atoms with Gasteiger partial charge in [-0.2, -0.15) is 0 Å². The first kappa shape index (κ1) is 18.1. The molecule has 2 fully saturated rings. The lowest BCUT2D eigenvalue weighted by Gasteiger charge is -2.25. The van der Waals surface area contributed by atoms with Crippen LogP contribution in [0.15, 0.2) is 24.3 Å². The third-order valence-electron chi connectivity index (χ3n) is 5.82. The second-order valence-corrected chi connectivity index (χ2v) is 7.78. The Morgan fingerprint density at radius 1 is 1.26 bits per heavy atom. The van der Waals surface area contributed by atoms with Crippen LogP contribution in [0, 0.1) is 18.7 Å². The van der Waals surface area contributed by atoms with Crippen LogP contribution in [-0.2, 0) is 0 Å². The highest BCUT2D eigenvalue weighted by molar-refractivity contribution is 5.93. The van der Waals surface area contributed by atoms with Gasteiger partial charge in [0.2, 0.25) is 0 Å². The quantitative estimate of drug-likeness (QED) is 0.901. The molecule has 2 aliphatic heterocycles. The van der Waals surface area contributed by atoms with Crippen LogP contribution in [0.1, 0.15) is 60.0 Å². The summed E-state index contributed by atoms with van der Waals surface area (Å²) in [6.07, 6.45) is 2.72. The van der Waals surface area contributed by atoms with Crippen LogP contribution >= 0.6 is 0 Å². The number of carbonyl (C=O) groups is 1. The van der Waals surface area contributed by atoms with Crippen molar-refractivity contribution >= 4 is 5.91 Å². The smallest absolute Gasteiger partial charge is 0.276 e. The van der Waals surface area contributed by atoms with E-state index in [1.165, 1.54) is 6.07 Å². The molecule has 0 aliphatic carbocycles. The van der Waals surface area contributed by atoms with E-state index in [9.17, 15) is 9.18 Å². The number of hydrogen-bond acceptors (Lipinski definition) is 4. The molecule has 144 valence electrons. The van der Waals surface area contributed by atoms with Crippen molar-refractivity contribution < 1.29 is 9.18 Å². The van der Waals surface area contributed by atoms with E-state index in [2.05, 4.69) is 22.6 Å². The molecule has 3 heterocycles. The number of aromatic nitrogens is 3. The number of rotatable bonds is 3. The van der Waals surface area contributed by atoms with E-state index < -0.39 is 0 Å². The summed E-state index contributed by atoms with van der Waals surface area (Å²) in [7, 11) is 0. The molecule has 1 N–H and O–H groups in total. The zero-order valence-electron chi connectivity index (χ0n) is 15.9. The summed E-state index contributed by atoms with van der Waals surface area (Å²) in [6, 6.07) is 6.76. The van der Waals surface area contributed by atoms with E-state index in [0.717, 1.165) is 38.0 Å². The number of carbonyl (C=O) groups excluding carboxylic acids is 1. The van der Waals surface area contributed by atoms with Crippen LogP contribution in [0.5, 0.6) is 0 Å². The molecule has 6 nitrogen and oxygen atoms in total. The maximum atomic E-state index is 14.4. The monoisotopic (exact) mass is 371 g/mol. The van der Waals surface area contributed by atoms with Crippen molar-refractivity contribution in [3.05, 3.63) is 47.0 Å². The Kier molecular flexibility index (Phi) is 4.95. The van der Waals surface area contributed by atoms with Crippen molar-refractivity contribution in [1.82, 2.24) is 25.2 Å². The zero-order valence-corrected chi connectivity index (χ0v) is 15.9. The number of nitrogens with zero attached hydrogens (tertiary/aromatic N) is 4. The zero-order chi connectivity index (χ0) is 19.0. The summed E-state index contributed by atoms with van der Waals surface area (Å²) in [5.74, 6) is -0.0897. The second-order valence-electron chi connectivity index (χ2n) is 7.78. The van der Waals surface area contributed by atoms with Gasteiger partial charge in [-0.3, -0.25) is 4.79 Å². The number of piperidine rings is 1. The minimum absolute atomic E-state index is 0.148. The van der Waals surface area contributed by atoms with E-state index in [4.69, 9.17) is 0 Å². The highest BCUT2D eigenvalue weighted by atomic mass is 19.1. The van der Waals surface area contributed by atoms with Crippen molar-refractivity contribution in [3.8, 4) is 0 Å². The first-order chi connectivity index (χ1) is 13.1. The Hall–Kier alpha value is -2.28. The molecule has 1 aromatic carbocycles. The molecule has 27 heavy (non-hydrogen) atoms. The lowest BCUT2D eigenvalue weighted by atomic mass is 10.0. The Balaban J connectivity index is 1.61. The van der Waals surface area contributed by atoms with Crippen LogP contribution in [0.4, 0.5) is 4.39 Å². The fraction of sp³-hybridized carbons (Fsp3) is 0.550. The standard InChI is InChI=1S/C20H26FN5O/c1-13-11-18(16-5-3-4-6-17(16)21)25(12-13)20(27)19-14(2)26(24-23-19)15-7-9-22-10-8-15/h3-6,13,15,18,22H,7-12H2,1-2H3. The summed E-state index contributed by atoms with van der Waals surface area (Å²) < 4.78 is 16.3. The van der Waals surface area contributed by atoms with Crippen molar-refractivity contribution in [2.75, 3.05) is 19.6 Å². The number of hydrogen-bond donors (Lipinski definition) is 1. The van der Waals surface area contributed by atoms with E-state index in [-0.39, 0.29) is 23.8 Å². The Morgan fingerprint density at radius 3 is 2.74 bits per heavy atom. The van der Waals surface area contributed by atoms with Gasteiger partial charge in [0.25, 0.3) is 5.91 Å². The second kappa shape index (κ2) is 7.38. The van der Waals surface area contributed by atoms with E-state index in [0.29, 0.717) is 23.7 Å². The molecule has 2 saturated heterocycles. The van der Waals surface area contributed by atoms with Gasteiger partial charge < -0.3 is 10.2 Å². The fourth-order valence-corrected chi connectivity index (χ4v) is 4.38. The molecule has 0 spiro atoms. The van der Waals surface area contributed by atoms with E-state index >= 15 is 0 Å². The van der Waals surface area contributed by atoms with Crippen molar-refractivity contribution in [2.24, 2.45) is 5.92 Å². The number of benzene rings is 1. The summed E-state index contributed by atoms with van der Waals surface area (Å²) in [6.45, 7) is 6.52. The van der Waals surface area contributed by atoms with Crippen molar-refractivity contribution in [1.29, 1.82) is 0 Å². The largest absolute Gasteiger partial charge is 0.330 e. The van der Waals surface area contributed by atoms with Crippen LogP contribution < -0.4 is 5.32 Å². The molecule has 2 unspecified atom stereocenters. The first-order valence-corrected chi connectivity index (χ1v) is 9.74. The lowest BCUT2D eigenvalue weighted by molar-refractivity contribution is 0.0723. The van der Waals surface area contributed by atoms with Gasteiger partial charge >= 0.3 is 0 Å². The third-order valence-corrected chi connectivity index (χ3v) is 5.82. The molecule has 7 heteroatoms. The van der Waals surface area contributed by atoms with Gasteiger partial charge in [0.15, 0.2) is 5.69 Å². The lowest BCUT2D eigenvalue weighted by Crippen LogP contribution is -2.33. The summed E-state index contributed by atoms with van der Waals surface area (Å²) in [5, 5.41) is 11.8. The summed E-state index contributed by atoms with van der Waals surface area (Å²) >= 11 is 0. The first-order valence-electron chi connectivity index (χ1n) is 9.74. The van der Waals surface area contributed by atoms with Gasteiger partial charge in [-0.1, -0.05) is 30.3 Å². The van der Waals surface area contributed by atoms with Crippen LogP contribution in [-0.4, -0.2) is 45.4 Å². The predicted molar refractivity (Wildman–Crippen MR) is 99.9 cm³/mol. The van der Waals surface area contributed by atoms with E-state index in [1.54, 1.807) is 17.0 Å². The number of amides is 1. The molecule has 0 radical (unpaired) electrons. The Bertz CT molecular complexity index is 830. The molecule has 0 saturated carbocycles. The van der Waals surface area contributed by atoms with Crippen LogP contribution in [0.25, 0.3) is 0 Å². The molecule has 4 rings (SSSR count). The molecule has 2 aromatic rings. The van der Waals surface area contributed by atoms with Gasteiger partial charge in [0.1, 0.15) is 5.82 Å². The maximum absolute atomic E-state index is 14.4. The van der Waals surface area contributed by atoms with Crippen LogP contribution in [0.3, 0.4) is 0 Å². The van der Waals surface area contributed by atoms with Gasteiger partial charge in [0.05, 0.1) is 17.8 Å². The summed E-state index contributed by atoms with van der Waals surface area (Å²) in [5.41, 5.74) is 1.78. The molecule has 1 amide bonds. The normalized spacial score (nSPS) is 23.7. The maximum Gasteiger partial charge on any atom is 0.276 e. The minimum atomic E-state index is -0.260. The van der Waals surface area contributed by atoms with Crippen molar-refractivity contribution in [3.63, 3.8) is 0 Å². The highest BCUT2D eigenvalue weighted by Crippen LogP contribution is 2.37. The number of halogens is 1. The average molecular weight is 371 g/mol. The van der Waals surface area contributed by atoms with Gasteiger partial charge in [-0.15, -0.1) is 5.10 Å². The predicted octanol–water partition coefficient (Wildman–Crippen LogP) is 2.87. The Morgan fingerprint density at radius 2 is 2.00 bits per heavy atom. The molecular weight excluding hydrogens is 345 g/mol.